The number of rotatable bonds is 7. The van der Waals surface area contributed by atoms with Gasteiger partial charge in [0.05, 0.1) is 18.8 Å². The summed E-state index contributed by atoms with van der Waals surface area (Å²) in [7, 11) is 0. The first-order chi connectivity index (χ1) is 8.13. The van der Waals surface area contributed by atoms with Crippen molar-refractivity contribution < 1.29 is 9.13 Å². The Labute approximate surface area is 103 Å². The van der Waals surface area contributed by atoms with Gasteiger partial charge in [-0.25, -0.2) is 4.39 Å². The zero-order valence-electron chi connectivity index (χ0n) is 10.9. The summed E-state index contributed by atoms with van der Waals surface area (Å²) in [6.07, 6.45) is 1.28. The molecule has 2 nitrogen and oxygen atoms in total. The summed E-state index contributed by atoms with van der Waals surface area (Å²) in [6, 6.07) is 6.74. The summed E-state index contributed by atoms with van der Waals surface area (Å²) >= 11 is 0. The molecule has 0 aliphatic rings. The average molecular weight is 239 g/mol. The lowest BCUT2D eigenvalue weighted by molar-refractivity contribution is 0.0611. The van der Waals surface area contributed by atoms with Gasteiger partial charge in [0.2, 0.25) is 0 Å². The van der Waals surface area contributed by atoms with E-state index < -0.39 is 0 Å². The number of halogens is 1. The summed E-state index contributed by atoms with van der Waals surface area (Å²) < 4.78 is 18.5. The van der Waals surface area contributed by atoms with Gasteiger partial charge < -0.3 is 10.1 Å². The minimum Gasteiger partial charge on any atom is -0.377 e. The molecule has 0 spiro atoms. The smallest absolute Gasteiger partial charge is 0.123 e. The molecule has 1 rings (SSSR count). The van der Waals surface area contributed by atoms with Crippen LogP contribution < -0.4 is 5.32 Å². The van der Waals surface area contributed by atoms with Gasteiger partial charge in [0.15, 0.2) is 0 Å². The zero-order chi connectivity index (χ0) is 12.7. The molecule has 0 bridgehead atoms. The number of hydrogen-bond donors (Lipinski definition) is 1. The fourth-order valence-electron chi connectivity index (χ4n) is 1.58. The maximum absolute atomic E-state index is 12.9. The summed E-state index contributed by atoms with van der Waals surface area (Å²) in [5.74, 6) is -0.201. The lowest BCUT2D eigenvalue weighted by Crippen LogP contribution is -2.27. The van der Waals surface area contributed by atoms with E-state index in [4.69, 9.17) is 4.74 Å². The van der Waals surface area contributed by atoms with Crippen LogP contribution in [0.1, 0.15) is 38.8 Å². The third-order valence-electron chi connectivity index (χ3n) is 2.51. The van der Waals surface area contributed by atoms with Gasteiger partial charge in [-0.2, -0.15) is 0 Å². The SMILES string of the molecule is CCCNC(COC(C)C)c1ccc(F)cc1. The summed E-state index contributed by atoms with van der Waals surface area (Å²) in [5, 5.41) is 3.41. The third-order valence-corrected chi connectivity index (χ3v) is 2.51. The van der Waals surface area contributed by atoms with Crippen LogP contribution in [0.4, 0.5) is 4.39 Å². The predicted molar refractivity (Wildman–Crippen MR) is 68.5 cm³/mol. The van der Waals surface area contributed by atoms with Crippen LogP contribution in [0.3, 0.4) is 0 Å². The highest BCUT2D eigenvalue weighted by molar-refractivity contribution is 5.20. The summed E-state index contributed by atoms with van der Waals surface area (Å²) in [4.78, 5) is 0. The quantitative estimate of drug-likeness (QED) is 0.788. The largest absolute Gasteiger partial charge is 0.377 e. The van der Waals surface area contributed by atoms with Crippen LogP contribution in [0.2, 0.25) is 0 Å². The Morgan fingerprint density at radius 3 is 2.41 bits per heavy atom. The van der Waals surface area contributed by atoms with Gasteiger partial charge in [-0.05, 0) is 44.5 Å². The van der Waals surface area contributed by atoms with Crippen molar-refractivity contribution in [1.29, 1.82) is 0 Å². The van der Waals surface area contributed by atoms with Crippen molar-refractivity contribution in [2.24, 2.45) is 0 Å². The lowest BCUT2D eigenvalue weighted by atomic mass is 10.1. The number of hydrogen-bond acceptors (Lipinski definition) is 2. The monoisotopic (exact) mass is 239 g/mol. The van der Waals surface area contributed by atoms with Crippen molar-refractivity contribution in [1.82, 2.24) is 5.32 Å². The van der Waals surface area contributed by atoms with Crippen LogP contribution in [-0.4, -0.2) is 19.3 Å². The summed E-state index contributed by atoms with van der Waals surface area (Å²) in [5.41, 5.74) is 1.07. The van der Waals surface area contributed by atoms with Gasteiger partial charge in [-0.3, -0.25) is 0 Å². The molecule has 96 valence electrons. The van der Waals surface area contributed by atoms with Crippen LogP contribution in [0.5, 0.6) is 0 Å². The van der Waals surface area contributed by atoms with E-state index in [1.807, 2.05) is 26.0 Å². The molecule has 0 aromatic heterocycles. The molecule has 1 N–H and O–H groups in total. The first kappa shape index (κ1) is 14.1. The Kier molecular flexibility index (Phi) is 6.16. The fourth-order valence-corrected chi connectivity index (χ4v) is 1.58. The van der Waals surface area contributed by atoms with Gasteiger partial charge in [0.1, 0.15) is 5.82 Å². The van der Waals surface area contributed by atoms with Crippen LogP contribution in [-0.2, 0) is 4.74 Å². The average Bonchev–Trinajstić information content (AvgIpc) is 2.30. The van der Waals surface area contributed by atoms with Gasteiger partial charge >= 0.3 is 0 Å². The van der Waals surface area contributed by atoms with E-state index >= 15 is 0 Å². The van der Waals surface area contributed by atoms with E-state index in [9.17, 15) is 4.39 Å². The van der Waals surface area contributed by atoms with Crippen molar-refractivity contribution >= 4 is 0 Å². The van der Waals surface area contributed by atoms with Crippen LogP contribution >= 0.6 is 0 Å². The molecule has 0 saturated carbocycles. The van der Waals surface area contributed by atoms with Crippen molar-refractivity contribution in [2.45, 2.75) is 39.3 Å². The molecular formula is C14H22FNO. The lowest BCUT2D eigenvalue weighted by Gasteiger charge is -2.20. The molecule has 17 heavy (non-hydrogen) atoms. The van der Waals surface area contributed by atoms with Crippen molar-refractivity contribution in [3.8, 4) is 0 Å². The fraction of sp³-hybridized carbons (Fsp3) is 0.571. The Balaban J connectivity index is 2.63. The molecular weight excluding hydrogens is 217 g/mol. The molecule has 3 heteroatoms. The van der Waals surface area contributed by atoms with Crippen LogP contribution in [0.25, 0.3) is 0 Å². The summed E-state index contributed by atoms with van der Waals surface area (Å²) in [6.45, 7) is 7.70. The second kappa shape index (κ2) is 7.41. The van der Waals surface area contributed by atoms with E-state index in [1.165, 1.54) is 12.1 Å². The molecule has 1 aromatic rings. The Hall–Kier alpha value is -0.930. The number of ether oxygens (including phenoxy) is 1. The van der Waals surface area contributed by atoms with E-state index in [-0.39, 0.29) is 18.0 Å². The zero-order valence-corrected chi connectivity index (χ0v) is 10.9. The van der Waals surface area contributed by atoms with Crippen molar-refractivity contribution in [3.63, 3.8) is 0 Å². The van der Waals surface area contributed by atoms with Gasteiger partial charge in [0.25, 0.3) is 0 Å². The van der Waals surface area contributed by atoms with Gasteiger partial charge in [0, 0.05) is 0 Å². The molecule has 0 aliphatic heterocycles. The minimum absolute atomic E-state index is 0.137. The second-order valence-corrected chi connectivity index (χ2v) is 4.44. The minimum atomic E-state index is -0.201. The van der Waals surface area contributed by atoms with E-state index in [1.54, 1.807) is 0 Å². The normalized spacial score (nSPS) is 13.0. The first-order valence-corrected chi connectivity index (χ1v) is 6.24. The van der Waals surface area contributed by atoms with E-state index in [0.717, 1.165) is 18.5 Å². The second-order valence-electron chi connectivity index (χ2n) is 4.44. The van der Waals surface area contributed by atoms with Crippen LogP contribution in [0, 0.1) is 5.82 Å². The Morgan fingerprint density at radius 2 is 1.88 bits per heavy atom. The maximum Gasteiger partial charge on any atom is 0.123 e. The molecule has 1 aromatic carbocycles. The maximum atomic E-state index is 12.9. The topological polar surface area (TPSA) is 21.3 Å². The number of nitrogens with one attached hydrogen (secondary N) is 1. The standard InChI is InChI=1S/C14H22FNO/c1-4-9-16-14(10-17-11(2)3)12-5-7-13(15)8-6-12/h5-8,11,14,16H,4,9-10H2,1-3H3. The van der Waals surface area contributed by atoms with Crippen molar-refractivity contribution in [3.05, 3.63) is 35.6 Å². The highest BCUT2D eigenvalue weighted by Gasteiger charge is 2.11. The number of benzene rings is 1. The van der Waals surface area contributed by atoms with Crippen LogP contribution in [0.15, 0.2) is 24.3 Å². The molecule has 0 fully saturated rings. The molecule has 0 heterocycles. The van der Waals surface area contributed by atoms with Gasteiger partial charge in [-0.1, -0.05) is 19.1 Å². The highest BCUT2D eigenvalue weighted by Crippen LogP contribution is 2.15. The van der Waals surface area contributed by atoms with Gasteiger partial charge in [-0.15, -0.1) is 0 Å². The first-order valence-electron chi connectivity index (χ1n) is 6.24. The Morgan fingerprint density at radius 1 is 1.24 bits per heavy atom. The third kappa shape index (κ3) is 5.29. The predicted octanol–water partition coefficient (Wildman–Crippen LogP) is 3.29. The molecule has 0 amide bonds. The Bertz CT molecular complexity index is 311. The highest BCUT2D eigenvalue weighted by atomic mass is 19.1. The van der Waals surface area contributed by atoms with Crippen molar-refractivity contribution in [2.75, 3.05) is 13.2 Å². The van der Waals surface area contributed by atoms with E-state index in [0.29, 0.717) is 6.61 Å². The molecule has 0 aliphatic carbocycles. The molecule has 0 saturated heterocycles. The molecule has 1 atom stereocenters. The van der Waals surface area contributed by atoms with E-state index in [2.05, 4.69) is 12.2 Å². The molecule has 0 radical (unpaired) electrons. The molecule has 1 unspecified atom stereocenters.